The second kappa shape index (κ2) is 7.00. The third kappa shape index (κ3) is 4.74. The van der Waals surface area contributed by atoms with E-state index < -0.39 is 12.2 Å². The van der Waals surface area contributed by atoms with Gasteiger partial charge in [0.1, 0.15) is 18.5 Å². The highest BCUT2D eigenvalue weighted by Crippen LogP contribution is 2.15. The lowest BCUT2D eigenvalue weighted by atomic mass is 10.1. The molecule has 0 heterocycles. The molecule has 0 fully saturated rings. The molecule has 4 heteroatoms. The molecule has 0 bridgehead atoms. The minimum Gasteiger partial charge on any atom is -0.491 e. The molecule has 0 saturated heterocycles. The number of hydrogen-bond acceptors (Lipinski definition) is 4. The zero-order valence-corrected chi connectivity index (χ0v) is 10.7. The van der Waals surface area contributed by atoms with Crippen LogP contribution in [0.4, 0.5) is 0 Å². The van der Waals surface area contributed by atoms with Crippen LogP contribution in [0.25, 0.3) is 0 Å². The Hall–Kier alpha value is -1.57. The third-order valence-corrected chi connectivity index (χ3v) is 2.67. The van der Waals surface area contributed by atoms with Gasteiger partial charge in [-0.1, -0.05) is 26.0 Å². The zero-order chi connectivity index (χ0) is 13.5. The summed E-state index contributed by atoms with van der Waals surface area (Å²) >= 11 is 0. The first-order chi connectivity index (χ1) is 8.52. The fraction of sp³-hybridized carbons (Fsp3) is 0.500. The Morgan fingerprint density at radius 2 is 2.06 bits per heavy atom. The van der Waals surface area contributed by atoms with E-state index in [9.17, 15) is 10.2 Å². The third-order valence-electron chi connectivity index (χ3n) is 2.67. The van der Waals surface area contributed by atoms with Crippen LogP contribution in [0.5, 0.6) is 5.75 Å². The fourth-order valence-electron chi connectivity index (χ4n) is 1.41. The Balaban J connectivity index is 2.57. The molecule has 1 aromatic carbocycles. The lowest BCUT2D eigenvalue weighted by Gasteiger charge is -2.15. The average Bonchev–Trinajstić information content (AvgIpc) is 2.36. The molecule has 18 heavy (non-hydrogen) atoms. The quantitative estimate of drug-likeness (QED) is 0.749. The fourth-order valence-corrected chi connectivity index (χ4v) is 1.41. The Morgan fingerprint density at radius 1 is 1.33 bits per heavy atom. The molecule has 0 aromatic heterocycles. The zero-order valence-electron chi connectivity index (χ0n) is 10.7. The topological polar surface area (TPSA) is 73.5 Å². The minimum absolute atomic E-state index is 0.147. The second-order valence-corrected chi connectivity index (χ2v) is 4.62. The number of aliphatic hydroxyl groups excluding tert-OH is 2. The second-order valence-electron chi connectivity index (χ2n) is 4.62. The molecule has 0 spiro atoms. The van der Waals surface area contributed by atoms with Gasteiger partial charge in [0.15, 0.2) is 0 Å². The van der Waals surface area contributed by atoms with Crippen molar-refractivity contribution in [3.05, 3.63) is 29.8 Å². The lowest BCUT2D eigenvalue weighted by molar-refractivity contribution is 0.0701. The van der Waals surface area contributed by atoms with Crippen LogP contribution in [0.3, 0.4) is 0 Å². The first kappa shape index (κ1) is 14.5. The Bertz CT molecular complexity index is 412. The van der Waals surface area contributed by atoms with E-state index in [4.69, 9.17) is 10.00 Å². The Labute approximate surface area is 107 Å². The van der Waals surface area contributed by atoms with Crippen molar-refractivity contribution in [3.8, 4) is 11.8 Å². The predicted molar refractivity (Wildman–Crippen MR) is 68.1 cm³/mol. The van der Waals surface area contributed by atoms with Gasteiger partial charge >= 0.3 is 0 Å². The molecular formula is C14H19NO3. The lowest BCUT2D eigenvalue weighted by Crippen LogP contribution is -2.23. The number of ether oxygens (including phenoxy) is 1. The Kier molecular flexibility index (Phi) is 5.63. The van der Waals surface area contributed by atoms with Crippen molar-refractivity contribution in [2.24, 2.45) is 5.92 Å². The number of rotatable bonds is 6. The normalized spacial score (nSPS) is 14.0. The molecule has 0 aliphatic rings. The summed E-state index contributed by atoms with van der Waals surface area (Å²) in [5.41, 5.74) is 0.834. The number of hydrogen-bond donors (Lipinski definition) is 2. The van der Waals surface area contributed by atoms with Crippen LogP contribution >= 0.6 is 0 Å². The maximum atomic E-state index is 9.63. The van der Waals surface area contributed by atoms with Gasteiger partial charge in [-0.15, -0.1) is 0 Å². The predicted octanol–water partition coefficient (Wildman–Crippen LogP) is 1.51. The summed E-state index contributed by atoms with van der Waals surface area (Å²) < 4.78 is 5.47. The van der Waals surface area contributed by atoms with Crippen LogP contribution < -0.4 is 4.74 Å². The van der Waals surface area contributed by atoms with Crippen molar-refractivity contribution in [1.29, 1.82) is 5.26 Å². The van der Waals surface area contributed by atoms with E-state index in [1.807, 2.05) is 19.9 Å². The Morgan fingerprint density at radius 3 is 2.67 bits per heavy atom. The van der Waals surface area contributed by atoms with Crippen LogP contribution in [0.15, 0.2) is 24.3 Å². The van der Waals surface area contributed by atoms with Crippen LogP contribution in [0.1, 0.15) is 19.4 Å². The maximum absolute atomic E-state index is 9.63. The summed E-state index contributed by atoms with van der Waals surface area (Å²) in [7, 11) is 0. The molecule has 2 unspecified atom stereocenters. The molecule has 0 aliphatic heterocycles. The van der Waals surface area contributed by atoms with E-state index in [1.165, 1.54) is 0 Å². The smallest absolute Gasteiger partial charge is 0.144 e. The number of aliphatic hydroxyl groups is 2. The first-order valence-electron chi connectivity index (χ1n) is 6.00. The molecule has 0 aliphatic carbocycles. The summed E-state index contributed by atoms with van der Waals surface area (Å²) in [6.45, 7) is 4.09. The van der Waals surface area contributed by atoms with Gasteiger partial charge in [-0.05, 0) is 23.6 Å². The average molecular weight is 249 g/mol. The largest absolute Gasteiger partial charge is 0.491 e. The van der Waals surface area contributed by atoms with Gasteiger partial charge in [-0.25, -0.2) is 0 Å². The SMILES string of the molecule is CC(C)C(O)COc1cccc(CC(O)C#N)c1. The molecule has 1 aromatic rings. The monoisotopic (exact) mass is 249 g/mol. The maximum Gasteiger partial charge on any atom is 0.144 e. The van der Waals surface area contributed by atoms with Crippen LogP contribution in [0, 0.1) is 17.2 Å². The van der Waals surface area contributed by atoms with E-state index in [0.717, 1.165) is 5.56 Å². The van der Waals surface area contributed by atoms with Crippen LogP contribution in [-0.4, -0.2) is 29.0 Å². The van der Waals surface area contributed by atoms with Crippen molar-refractivity contribution in [2.75, 3.05) is 6.61 Å². The highest BCUT2D eigenvalue weighted by molar-refractivity contribution is 5.29. The van der Waals surface area contributed by atoms with Gasteiger partial charge in [0.25, 0.3) is 0 Å². The van der Waals surface area contributed by atoms with Crippen molar-refractivity contribution >= 4 is 0 Å². The molecule has 1 rings (SSSR count). The molecule has 0 saturated carbocycles. The molecule has 4 nitrogen and oxygen atoms in total. The van der Waals surface area contributed by atoms with Gasteiger partial charge in [-0.3, -0.25) is 0 Å². The van der Waals surface area contributed by atoms with Gasteiger partial charge in [0.2, 0.25) is 0 Å². The van der Waals surface area contributed by atoms with Gasteiger partial charge < -0.3 is 14.9 Å². The molecule has 2 N–H and O–H groups in total. The summed E-state index contributed by atoms with van der Waals surface area (Å²) in [5, 5.41) is 27.4. The minimum atomic E-state index is -0.999. The first-order valence-corrected chi connectivity index (χ1v) is 6.00. The van der Waals surface area contributed by atoms with Crippen molar-refractivity contribution in [2.45, 2.75) is 32.5 Å². The summed E-state index contributed by atoms with van der Waals surface area (Å²) in [4.78, 5) is 0. The summed E-state index contributed by atoms with van der Waals surface area (Å²) in [5.74, 6) is 0.783. The van der Waals surface area contributed by atoms with Gasteiger partial charge in [0.05, 0.1) is 12.2 Å². The van der Waals surface area contributed by atoms with E-state index in [0.29, 0.717) is 5.75 Å². The van der Waals surface area contributed by atoms with E-state index in [2.05, 4.69) is 0 Å². The number of nitriles is 1. The summed E-state index contributed by atoms with van der Waals surface area (Å²) in [6.07, 6.45) is -1.22. The van der Waals surface area contributed by atoms with Crippen LogP contribution in [-0.2, 0) is 6.42 Å². The summed E-state index contributed by atoms with van der Waals surface area (Å²) in [6, 6.07) is 8.96. The van der Waals surface area contributed by atoms with Crippen molar-refractivity contribution in [1.82, 2.24) is 0 Å². The van der Waals surface area contributed by atoms with E-state index in [-0.39, 0.29) is 18.9 Å². The molecular weight excluding hydrogens is 230 g/mol. The van der Waals surface area contributed by atoms with Crippen LogP contribution in [0.2, 0.25) is 0 Å². The molecule has 0 radical (unpaired) electrons. The molecule has 98 valence electrons. The number of nitrogens with zero attached hydrogens (tertiary/aromatic N) is 1. The van der Waals surface area contributed by atoms with Gasteiger partial charge in [0, 0.05) is 6.42 Å². The highest BCUT2D eigenvalue weighted by Gasteiger charge is 2.10. The van der Waals surface area contributed by atoms with Gasteiger partial charge in [-0.2, -0.15) is 5.26 Å². The standard InChI is InChI=1S/C14H19NO3/c1-10(2)14(17)9-18-13-5-3-4-11(7-13)6-12(16)8-15/h3-5,7,10,12,14,16-17H,6,9H2,1-2H3. The molecule has 0 amide bonds. The van der Waals surface area contributed by atoms with Crippen molar-refractivity contribution < 1.29 is 14.9 Å². The molecule has 2 atom stereocenters. The van der Waals surface area contributed by atoms with E-state index >= 15 is 0 Å². The highest BCUT2D eigenvalue weighted by atomic mass is 16.5. The van der Waals surface area contributed by atoms with E-state index in [1.54, 1.807) is 24.3 Å². The number of benzene rings is 1. The van der Waals surface area contributed by atoms with Crippen molar-refractivity contribution in [3.63, 3.8) is 0 Å².